The summed E-state index contributed by atoms with van der Waals surface area (Å²) < 4.78 is 55.0. The van der Waals surface area contributed by atoms with Gasteiger partial charge in [0.2, 0.25) is 5.95 Å². The number of rotatable bonds is 6. The van der Waals surface area contributed by atoms with Gasteiger partial charge in [0.25, 0.3) is 0 Å². The number of aromatic nitrogens is 2. The Morgan fingerprint density at radius 1 is 1.17 bits per heavy atom. The fraction of sp³-hybridized carbons (Fsp3) is 0.267. The third kappa shape index (κ3) is 5.48. The summed E-state index contributed by atoms with van der Waals surface area (Å²) in [5, 5.41) is 11.4. The molecule has 1 N–H and O–H groups in total. The first-order valence-corrected chi connectivity index (χ1v) is 6.77. The molecule has 0 saturated heterocycles. The fourth-order valence-corrected chi connectivity index (χ4v) is 1.81. The van der Waals surface area contributed by atoms with Crippen LogP contribution in [0, 0.1) is 17.1 Å². The van der Waals surface area contributed by atoms with Crippen LogP contribution < -0.4 is 5.32 Å². The predicted molar refractivity (Wildman–Crippen MR) is 76.4 cm³/mol. The van der Waals surface area contributed by atoms with Crippen LogP contribution in [0.5, 0.6) is 0 Å². The summed E-state index contributed by atoms with van der Waals surface area (Å²) in [6.07, 6.45) is -2.91. The lowest BCUT2D eigenvalue weighted by Gasteiger charge is -2.20. The molecule has 24 heavy (non-hydrogen) atoms. The second kappa shape index (κ2) is 7.70. The fourth-order valence-electron chi connectivity index (χ4n) is 1.81. The number of hydrogen-bond donors (Lipinski definition) is 1. The van der Waals surface area contributed by atoms with E-state index < -0.39 is 24.7 Å². The van der Waals surface area contributed by atoms with Crippen LogP contribution in [0.25, 0.3) is 0 Å². The van der Waals surface area contributed by atoms with E-state index >= 15 is 0 Å². The maximum absolute atomic E-state index is 13.0. The molecule has 2 rings (SSSR count). The molecule has 126 valence electrons. The number of nitrogens with one attached hydrogen (secondary N) is 1. The average Bonchev–Trinajstić information content (AvgIpc) is 2.55. The van der Waals surface area contributed by atoms with Gasteiger partial charge in [0, 0.05) is 6.54 Å². The molecule has 0 bridgehead atoms. The van der Waals surface area contributed by atoms with Gasteiger partial charge in [-0.25, -0.2) is 14.4 Å². The average molecular weight is 340 g/mol. The molecular formula is C15H12F4N4O. The van der Waals surface area contributed by atoms with Gasteiger partial charge in [-0.15, -0.1) is 0 Å². The van der Waals surface area contributed by atoms with Crippen molar-refractivity contribution >= 4 is 5.95 Å². The zero-order valence-corrected chi connectivity index (χ0v) is 12.2. The van der Waals surface area contributed by atoms with Gasteiger partial charge in [-0.3, -0.25) is 0 Å². The zero-order chi connectivity index (χ0) is 17.6. The molecule has 0 radical (unpaired) electrons. The molecule has 0 aliphatic carbocycles. The molecule has 0 spiro atoms. The molecule has 0 fully saturated rings. The third-order valence-corrected chi connectivity index (χ3v) is 2.92. The minimum Gasteiger partial charge on any atom is -0.362 e. The largest absolute Gasteiger partial charge is 0.411 e. The standard InChI is InChI=1S/C15H12F4N4O/c16-12-3-1-11(2-4-12)13(24-9-15(17,18)19)8-23-14-21-6-10(5-20)7-22-14/h1-4,6-7,13H,8-9H2,(H,21,22,23)/t13-/m0/s1. The Morgan fingerprint density at radius 2 is 1.79 bits per heavy atom. The van der Waals surface area contributed by atoms with Crippen molar-refractivity contribution in [2.75, 3.05) is 18.5 Å². The monoisotopic (exact) mass is 340 g/mol. The van der Waals surface area contributed by atoms with E-state index in [-0.39, 0.29) is 18.1 Å². The molecule has 0 saturated carbocycles. The quantitative estimate of drug-likeness (QED) is 0.818. The summed E-state index contributed by atoms with van der Waals surface area (Å²) in [6, 6.07) is 6.81. The van der Waals surface area contributed by atoms with Gasteiger partial charge in [-0.05, 0) is 17.7 Å². The van der Waals surface area contributed by atoms with Gasteiger partial charge in [0.1, 0.15) is 24.6 Å². The van der Waals surface area contributed by atoms with Gasteiger partial charge >= 0.3 is 6.18 Å². The summed E-state index contributed by atoms with van der Waals surface area (Å²) in [5.41, 5.74) is 0.630. The van der Waals surface area contributed by atoms with Crippen molar-refractivity contribution in [1.82, 2.24) is 9.97 Å². The molecule has 0 aliphatic heterocycles. The van der Waals surface area contributed by atoms with E-state index in [9.17, 15) is 17.6 Å². The van der Waals surface area contributed by atoms with E-state index in [1.165, 1.54) is 24.5 Å². The molecule has 2 aromatic rings. The van der Waals surface area contributed by atoms with Crippen molar-refractivity contribution in [3.63, 3.8) is 0 Å². The van der Waals surface area contributed by atoms with E-state index in [4.69, 9.17) is 10.00 Å². The first-order chi connectivity index (χ1) is 11.4. The molecule has 1 aromatic carbocycles. The lowest BCUT2D eigenvalue weighted by Crippen LogP contribution is -2.24. The van der Waals surface area contributed by atoms with E-state index in [2.05, 4.69) is 15.3 Å². The van der Waals surface area contributed by atoms with Crippen LogP contribution in [-0.2, 0) is 4.74 Å². The van der Waals surface area contributed by atoms with Crippen LogP contribution in [-0.4, -0.2) is 29.3 Å². The molecular weight excluding hydrogens is 328 g/mol. The molecule has 5 nitrogen and oxygen atoms in total. The maximum Gasteiger partial charge on any atom is 0.411 e. The lowest BCUT2D eigenvalue weighted by atomic mass is 10.1. The smallest absolute Gasteiger partial charge is 0.362 e. The van der Waals surface area contributed by atoms with E-state index in [1.54, 1.807) is 0 Å². The lowest BCUT2D eigenvalue weighted by molar-refractivity contribution is -0.184. The number of ether oxygens (including phenoxy) is 1. The predicted octanol–water partition coefficient (Wildman–Crippen LogP) is 3.22. The number of nitriles is 1. The summed E-state index contributed by atoms with van der Waals surface area (Å²) in [5.74, 6) is -0.367. The van der Waals surface area contributed by atoms with Crippen molar-refractivity contribution in [1.29, 1.82) is 5.26 Å². The van der Waals surface area contributed by atoms with Gasteiger partial charge in [0.05, 0.1) is 18.0 Å². The van der Waals surface area contributed by atoms with Gasteiger partial charge < -0.3 is 10.1 Å². The minimum absolute atomic E-state index is 0.0619. The Kier molecular flexibility index (Phi) is 5.65. The van der Waals surface area contributed by atoms with Crippen LogP contribution in [0.3, 0.4) is 0 Å². The first-order valence-electron chi connectivity index (χ1n) is 6.77. The van der Waals surface area contributed by atoms with Gasteiger partial charge in [-0.1, -0.05) is 12.1 Å². The highest BCUT2D eigenvalue weighted by molar-refractivity contribution is 5.31. The Bertz CT molecular complexity index is 695. The second-order valence-electron chi connectivity index (χ2n) is 4.75. The summed E-state index contributed by atoms with van der Waals surface area (Å²) in [4.78, 5) is 7.71. The van der Waals surface area contributed by atoms with Gasteiger partial charge in [0.15, 0.2) is 0 Å². The van der Waals surface area contributed by atoms with E-state index in [0.717, 1.165) is 12.1 Å². The number of anilines is 1. The van der Waals surface area contributed by atoms with Crippen molar-refractivity contribution in [2.24, 2.45) is 0 Å². The maximum atomic E-state index is 13.0. The molecule has 1 atom stereocenters. The van der Waals surface area contributed by atoms with Crippen molar-refractivity contribution < 1.29 is 22.3 Å². The number of alkyl halides is 3. The van der Waals surface area contributed by atoms with E-state index in [1.807, 2.05) is 6.07 Å². The highest BCUT2D eigenvalue weighted by atomic mass is 19.4. The molecule has 1 aromatic heterocycles. The normalized spacial score (nSPS) is 12.5. The SMILES string of the molecule is N#Cc1cnc(NC[C@H](OCC(F)(F)F)c2ccc(F)cc2)nc1. The van der Waals surface area contributed by atoms with Crippen LogP contribution in [0.4, 0.5) is 23.5 Å². The topological polar surface area (TPSA) is 70.8 Å². The van der Waals surface area contributed by atoms with Crippen LogP contribution in [0.2, 0.25) is 0 Å². The zero-order valence-electron chi connectivity index (χ0n) is 12.2. The molecule has 0 unspecified atom stereocenters. The van der Waals surface area contributed by atoms with Gasteiger partial charge in [-0.2, -0.15) is 18.4 Å². The summed E-state index contributed by atoms with van der Waals surface area (Å²) in [6.45, 7) is -1.50. The second-order valence-corrected chi connectivity index (χ2v) is 4.75. The number of halogens is 4. The molecule has 9 heteroatoms. The van der Waals surface area contributed by atoms with Crippen molar-refractivity contribution in [2.45, 2.75) is 12.3 Å². The third-order valence-electron chi connectivity index (χ3n) is 2.92. The molecule has 0 aliphatic rings. The summed E-state index contributed by atoms with van der Waals surface area (Å²) >= 11 is 0. The highest BCUT2D eigenvalue weighted by Crippen LogP contribution is 2.23. The minimum atomic E-state index is -4.48. The van der Waals surface area contributed by atoms with Crippen LogP contribution in [0.15, 0.2) is 36.7 Å². The highest BCUT2D eigenvalue weighted by Gasteiger charge is 2.29. The Morgan fingerprint density at radius 3 is 2.33 bits per heavy atom. The van der Waals surface area contributed by atoms with Crippen LogP contribution in [0.1, 0.15) is 17.2 Å². The Hall–Kier alpha value is -2.73. The number of hydrogen-bond acceptors (Lipinski definition) is 5. The number of benzene rings is 1. The Labute approximate surface area is 134 Å². The van der Waals surface area contributed by atoms with Crippen LogP contribution >= 0.6 is 0 Å². The number of nitrogens with zero attached hydrogens (tertiary/aromatic N) is 3. The van der Waals surface area contributed by atoms with E-state index in [0.29, 0.717) is 5.56 Å². The van der Waals surface area contributed by atoms with Crippen molar-refractivity contribution in [3.05, 3.63) is 53.6 Å². The summed E-state index contributed by atoms with van der Waals surface area (Å²) in [7, 11) is 0. The molecule has 1 heterocycles. The Balaban J connectivity index is 2.06. The first kappa shape index (κ1) is 17.6. The molecule has 0 amide bonds. The van der Waals surface area contributed by atoms with Crippen molar-refractivity contribution in [3.8, 4) is 6.07 Å².